The zero-order valence-corrected chi connectivity index (χ0v) is 15.0. The second-order valence-corrected chi connectivity index (χ2v) is 7.33. The number of carbonyl (C=O) groups is 1. The first-order chi connectivity index (χ1) is 11.5. The predicted octanol–water partition coefficient (Wildman–Crippen LogP) is 2.60. The number of hydrogen-bond donors (Lipinski definition) is 0. The van der Waals surface area contributed by atoms with Crippen molar-refractivity contribution in [3.05, 3.63) is 11.7 Å². The molecule has 7 heteroatoms. The number of aromatic nitrogens is 2. The van der Waals surface area contributed by atoms with E-state index in [0.29, 0.717) is 17.3 Å². The summed E-state index contributed by atoms with van der Waals surface area (Å²) < 4.78 is 9.88. The normalized spacial score (nSPS) is 21.4. The third-order valence-corrected chi connectivity index (χ3v) is 5.86. The van der Waals surface area contributed by atoms with Crippen LogP contribution in [0.4, 0.5) is 4.79 Å². The zero-order chi connectivity index (χ0) is 17.2. The van der Waals surface area contributed by atoms with Crippen LogP contribution < -0.4 is 0 Å². The number of piperidine rings is 1. The summed E-state index contributed by atoms with van der Waals surface area (Å²) in [6.45, 7) is 4.22. The molecule has 1 saturated carbocycles. The second-order valence-electron chi connectivity index (χ2n) is 7.33. The number of aryl methyl sites for hydroxylation is 1. The van der Waals surface area contributed by atoms with Gasteiger partial charge in [0.25, 0.3) is 0 Å². The molecule has 1 saturated heterocycles. The van der Waals surface area contributed by atoms with Crippen LogP contribution in [0.15, 0.2) is 4.52 Å². The largest absolute Gasteiger partial charge is 0.453 e. The maximum atomic E-state index is 11.6. The summed E-state index contributed by atoms with van der Waals surface area (Å²) in [4.78, 5) is 20.1. The van der Waals surface area contributed by atoms with E-state index in [9.17, 15) is 4.79 Å². The van der Waals surface area contributed by atoms with E-state index in [-0.39, 0.29) is 6.09 Å². The van der Waals surface area contributed by atoms with Gasteiger partial charge in [-0.25, -0.2) is 4.79 Å². The molecule has 1 aliphatic carbocycles. The van der Waals surface area contributed by atoms with Gasteiger partial charge in [0, 0.05) is 26.1 Å². The highest BCUT2D eigenvalue weighted by Gasteiger charge is 2.39. The van der Waals surface area contributed by atoms with E-state index in [1.807, 2.05) is 11.8 Å². The third-order valence-electron chi connectivity index (χ3n) is 5.86. The highest BCUT2D eigenvalue weighted by atomic mass is 16.5. The van der Waals surface area contributed by atoms with Crippen molar-refractivity contribution in [2.75, 3.05) is 27.2 Å². The summed E-state index contributed by atoms with van der Waals surface area (Å²) in [6, 6.07) is 0.577. The van der Waals surface area contributed by atoms with Crippen LogP contribution >= 0.6 is 0 Å². The van der Waals surface area contributed by atoms with Crippen molar-refractivity contribution >= 4 is 6.09 Å². The topological polar surface area (TPSA) is 71.7 Å². The van der Waals surface area contributed by atoms with E-state index in [2.05, 4.69) is 22.1 Å². The highest BCUT2D eigenvalue weighted by Crippen LogP contribution is 2.45. The molecule has 1 spiro atoms. The van der Waals surface area contributed by atoms with Crippen molar-refractivity contribution in [2.24, 2.45) is 5.41 Å². The van der Waals surface area contributed by atoms with Crippen molar-refractivity contribution in [1.29, 1.82) is 0 Å². The summed E-state index contributed by atoms with van der Waals surface area (Å²) in [5.41, 5.74) is 0.421. The molecular weight excluding hydrogens is 308 g/mol. The molecule has 0 radical (unpaired) electrons. The molecule has 1 aromatic heterocycles. The first kappa shape index (κ1) is 17.2. The molecule has 134 valence electrons. The van der Waals surface area contributed by atoms with Gasteiger partial charge in [0.1, 0.15) is 0 Å². The molecule has 1 aliphatic heterocycles. The van der Waals surface area contributed by atoms with Crippen LogP contribution in [0.2, 0.25) is 0 Å². The van der Waals surface area contributed by atoms with E-state index in [1.165, 1.54) is 32.8 Å². The molecule has 0 bridgehead atoms. The summed E-state index contributed by atoms with van der Waals surface area (Å²) >= 11 is 0. The van der Waals surface area contributed by atoms with Gasteiger partial charge in [-0.15, -0.1) is 0 Å². The Morgan fingerprint density at radius 1 is 1.33 bits per heavy atom. The van der Waals surface area contributed by atoms with Crippen LogP contribution in [0.5, 0.6) is 0 Å². The molecular formula is C17H28N4O3. The van der Waals surface area contributed by atoms with Crippen LogP contribution in [-0.4, -0.2) is 59.3 Å². The number of hydrogen-bond acceptors (Lipinski definition) is 6. The standard InChI is InChI=1S/C17H28N4O3/c1-13-18-15(19-24-13)12-20(2)14-4-6-17(7-5-14)8-10-21(11-9-17)16(22)23-3/h14H,4-12H2,1-3H3. The number of rotatable bonds is 3. The minimum atomic E-state index is -0.186. The fourth-order valence-corrected chi connectivity index (χ4v) is 4.21. The summed E-state index contributed by atoms with van der Waals surface area (Å²) in [5, 5.41) is 3.99. The fraction of sp³-hybridized carbons (Fsp3) is 0.824. The first-order valence-electron chi connectivity index (χ1n) is 8.84. The molecule has 1 amide bonds. The molecule has 7 nitrogen and oxygen atoms in total. The summed E-state index contributed by atoms with van der Waals surface area (Å²) in [5.74, 6) is 1.39. The van der Waals surface area contributed by atoms with Crippen molar-refractivity contribution in [1.82, 2.24) is 19.9 Å². The number of ether oxygens (including phenoxy) is 1. The van der Waals surface area contributed by atoms with Gasteiger partial charge >= 0.3 is 6.09 Å². The van der Waals surface area contributed by atoms with Crippen molar-refractivity contribution in [3.8, 4) is 0 Å². The second kappa shape index (κ2) is 7.09. The predicted molar refractivity (Wildman–Crippen MR) is 88.4 cm³/mol. The van der Waals surface area contributed by atoms with Crippen LogP contribution in [-0.2, 0) is 11.3 Å². The molecule has 0 atom stereocenters. The van der Waals surface area contributed by atoms with Gasteiger partial charge in [-0.3, -0.25) is 4.90 Å². The Hall–Kier alpha value is -1.63. The van der Waals surface area contributed by atoms with Crippen LogP contribution in [0.3, 0.4) is 0 Å². The van der Waals surface area contributed by atoms with Gasteiger partial charge in [-0.1, -0.05) is 5.16 Å². The summed E-state index contributed by atoms with van der Waals surface area (Å²) in [7, 11) is 3.60. The quantitative estimate of drug-likeness (QED) is 0.845. The number of amides is 1. The fourth-order valence-electron chi connectivity index (χ4n) is 4.21. The smallest absolute Gasteiger partial charge is 0.409 e. The first-order valence-corrected chi connectivity index (χ1v) is 8.84. The molecule has 24 heavy (non-hydrogen) atoms. The molecule has 2 aliphatic rings. The van der Waals surface area contributed by atoms with Crippen molar-refractivity contribution in [3.63, 3.8) is 0 Å². The lowest BCUT2D eigenvalue weighted by Gasteiger charge is -2.46. The minimum absolute atomic E-state index is 0.186. The van der Waals surface area contributed by atoms with Crippen LogP contribution in [0.25, 0.3) is 0 Å². The Balaban J connectivity index is 1.48. The average Bonchev–Trinajstić information content (AvgIpc) is 3.00. The number of carbonyl (C=O) groups excluding carboxylic acids is 1. The molecule has 3 rings (SSSR count). The Labute approximate surface area is 143 Å². The lowest BCUT2D eigenvalue weighted by molar-refractivity contribution is 0.0337. The van der Waals surface area contributed by atoms with Gasteiger partial charge in [0.2, 0.25) is 5.89 Å². The van der Waals surface area contributed by atoms with Crippen molar-refractivity contribution in [2.45, 2.75) is 58.0 Å². The Morgan fingerprint density at radius 2 is 2.00 bits per heavy atom. The van der Waals surface area contributed by atoms with Crippen LogP contribution in [0.1, 0.15) is 50.2 Å². The Morgan fingerprint density at radius 3 is 2.54 bits per heavy atom. The number of methoxy groups -OCH3 is 1. The lowest BCUT2D eigenvalue weighted by atomic mass is 9.67. The van der Waals surface area contributed by atoms with Crippen molar-refractivity contribution < 1.29 is 14.1 Å². The van der Waals surface area contributed by atoms with Gasteiger partial charge in [0.15, 0.2) is 5.82 Å². The van der Waals surface area contributed by atoms with E-state index in [4.69, 9.17) is 9.26 Å². The number of likely N-dealkylation sites (tertiary alicyclic amines) is 1. The third kappa shape index (κ3) is 3.71. The maximum Gasteiger partial charge on any atom is 0.409 e. The minimum Gasteiger partial charge on any atom is -0.453 e. The Kier molecular flexibility index (Phi) is 5.08. The monoisotopic (exact) mass is 336 g/mol. The van der Waals surface area contributed by atoms with E-state index in [1.54, 1.807) is 0 Å². The van der Waals surface area contributed by atoms with Gasteiger partial charge in [0.05, 0.1) is 13.7 Å². The zero-order valence-electron chi connectivity index (χ0n) is 15.0. The highest BCUT2D eigenvalue weighted by molar-refractivity contribution is 5.67. The van der Waals surface area contributed by atoms with E-state index >= 15 is 0 Å². The van der Waals surface area contributed by atoms with E-state index < -0.39 is 0 Å². The molecule has 0 N–H and O–H groups in total. The maximum absolute atomic E-state index is 11.6. The van der Waals surface area contributed by atoms with Gasteiger partial charge in [-0.2, -0.15) is 4.98 Å². The molecule has 0 unspecified atom stereocenters. The van der Waals surface area contributed by atoms with E-state index in [0.717, 1.165) is 38.3 Å². The number of nitrogens with zero attached hydrogens (tertiary/aromatic N) is 4. The lowest BCUT2D eigenvalue weighted by Crippen LogP contribution is -2.46. The summed E-state index contributed by atoms with van der Waals surface area (Å²) in [6.07, 6.45) is 6.89. The molecule has 2 heterocycles. The molecule has 1 aromatic rings. The van der Waals surface area contributed by atoms with Gasteiger partial charge in [-0.05, 0) is 51.0 Å². The molecule has 0 aromatic carbocycles. The van der Waals surface area contributed by atoms with Crippen LogP contribution in [0, 0.1) is 12.3 Å². The average molecular weight is 336 g/mol. The Bertz CT molecular complexity index is 556. The van der Waals surface area contributed by atoms with Gasteiger partial charge < -0.3 is 14.2 Å². The molecule has 2 fully saturated rings. The SMILES string of the molecule is COC(=O)N1CCC2(CCC(N(C)Cc3noc(C)n3)CC2)CC1.